The van der Waals surface area contributed by atoms with Crippen LogP contribution in [0.2, 0.25) is 0 Å². The summed E-state index contributed by atoms with van der Waals surface area (Å²) >= 11 is 0. The van der Waals surface area contributed by atoms with Gasteiger partial charge in [-0.05, 0) is 13.0 Å². The first-order valence-electron chi connectivity index (χ1n) is 5.56. The SMILES string of the molecule is CC(N)C1CN(c2nccc(C#N)n2)CCO1. The molecule has 0 bridgehead atoms. The van der Waals surface area contributed by atoms with E-state index in [0.717, 1.165) is 6.54 Å². The number of anilines is 1. The number of hydrogen-bond acceptors (Lipinski definition) is 6. The summed E-state index contributed by atoms with van der Waals surface area (Å²) in [5.74, 6) is 0.568. The van der Waals surface area contributed by atoms with E-state index in [1.807, 2.05) is 17.9 Å². The Kier molecular flexibility index (Phi) is 3.52. The van der Waals surface area contributed by atoms with Gasteiger partial charge in [0, 0.05) is 25.3 Å². The van der Waals surface area contributed by atoms with Gasteiger partial charge in [0.05, 0.1) is 12.7 Å². The highest BCUT2D eigenvalue weighted by atomic mass is 16.5. The number of ether oxygens (including phenoxy) is 1. The summed E-state index contributed by atoms with van der Waals surface area (Å²) in [4.78, 5) is 10.3. The molecule has 1 aliphatic heterocycles. The number of nitrogens with zero attached hydrogens (tertiary/aromatic N) is 4. The van der Waals surface area contributed by atoms with Gasteiger partial charge in [0.1, 0.15) is 11.8 Å². The molecule has 0 aliphatic carbocycles. The van der Waals surface area contributed by atoms with Crippen molar-refractivity contribution in [1.82, 2.24) is 9.97 Å². The second kappa shape index (κ2) is 5.08. The predicted octanol–water partition coefficient (Wildman–Crippen LogP) is -0.0993. The normalized spacial score (nSPS) is 21.9. The van der Waals surface area contributed by atoms with E-state index in [1.54, 1.807) is 12.3 Å². The third-order valence-corrected chi connectivity index (χ3v) is 2.72. The van der Waals surface area contributed by atoms with E-state index in [9.17, 15) is 0 Å². The van der Waals surface area contributed by atoms with Gasteiger partial charge >= 0.3 is 0 Å². The molecule has 0 amide bonds. The van der Waals surface area contributed by atoms with Crippen molar-refractivity contribution in [2.45, 2.75) is 19.1 Å². The number of morpholine rings is 1. The van der Waals surface area contributed by atoms with Crippen LogP contribution in [0.4, 0.5) is 5.95 Å². The van der Waals surface area contributed by atoms with Crippen molar-refractivity contribution in [3.8, 4) is 6.07 Å². The summed E-state index contributed by atoms with van der Waals surface area (Å²) in [6.07, 6.45) is 1.58. The maximum Gasteiger partial charge on any atom is 0.226 e. The van der Waals surface area contributed by atoms with Crippen LogP contribution >= 0.6 is 0 Å². The van der Waals surface area contributed by atoms with Gasteiger partial charge in [-0.1, -0.05) is 0 Å². The minimum atomic E-state index is -0.0306. The highest BCUT2D eigenvalue weighted by Crippen LogP contribution is 2.14. The summed E-state index contributed by atoms with van der Waals surface area (Å²) in [6.45, 7) is 3.90. The molecule has 6 nitrogen and oxygen atoms in total. The number of nitrogens with two attached hydrogens (primary N) is 1. The summed E-state index contributed by atoms with van der Waals surface area (Å²) in [5.41, 5.74) is 6.19. The third kappa shape index (κ3) is 2.70. The van der Waals surface area contributed by atoms with Crippen molar-refractivity contribution in [3.63, 3.8) is 0 Å². The lowest BCUT2D eigenvalue weighted by Crippen LogP contribution is -2.50. The van der Waals surface area contributed by atoms with E-state index in [1.165, 1.54) is 0 Å². The zero-order valence-corrected chi connectivity index (χ0v) is 9.71. The lowest BCUT2D eigenvalue weighted by molar-refractivity contribution is 0.0271. The van der Waals surface area contributed by atoms with E-state index < -0.39 is 0 Å². The van der Waals surface area contributed by atoms with Crippen LogP contribution in [0.25, 0.3) is 0 Å². The molecule has 2 atom stereocenters. The highest BCUT2D eigenvalue weighted by molar-refractivity contribution is 5.34. The Hall–Kier alpha value is -1.71. The average Bonchev–Trinajstić information content (AvgIpc) is 2.39. The highest BCUT2D eigenvalue weighted by Gasteiger charge is 2.24. The summed E-state index contributed by atoms with van der Waals surface area (Å²) in [5, 5.41) is 8.80. The van der Waals surface area contributed by atoms with Crippen LogP contribution in [0.1, 0.15) is 12.6 Å². The Bertz CT molecular complexity index is 428. The maximum atomic E-state index is 8.80. The summed E-state index contributed by atoms with van der Waals surface area (Å²) in [6, 6.07) is 3.57. The van der Waals surface area contributed by atoms with E-state index in [4.69, 9.17) is 15.7 Å². The fraction of sp³-hybridized carbons (Fsp3) is 0.545. The van der Waals surface area contributed by atoms with Crippen LogP contribution in [-0.4, -0.2) is 41.8 Å². The first-order chi connectivity index (χ1) is 8.20. The largest absolute Gasteiger partial charge is 0.373 e. The Balaban J connectivity index is 2.13. The number of rotatable bonds is 2. The lowest BCUT2D eigenvalue weighted by atomic mass is 10.1. The summed E-state index contributed by atoms with van der Waals surface area (Å²) in [7, 11) is 0. The van der Waals surface area contributed by atoms with Crippen LogP contribution in [-0.2, 0) is 4.74 Å². The molecule has 0 aromatic carbocycles. The Morgan fingerprint density at radius 1 is 1.71 bits per heavy atom. The minimum Gasteiger partial charge on any atom is -0.373 e. The Morgan fingerprint density at radius 3 is 3.24 bits per heavy atom. The molecule has 1 fully saturated rings. The van der Waals surface area contributed by atoms with E-state index >= 15 is 0 Å². The van der Waals surface area contributed by atoms with Gasteiger partial charge in [0.2, 0.25) is 5.95 Å². The molecule has 1 aromatic rings. The molecule has 17 heavy (non-hydrogen) atoms. The molecule has 2 rings (SSSR count). The molecule has 2 heterocycles. The molecule has 0 spiro atoms. The van der Waals surface area contributed by atoms with Crippen molar-refractivity contribution in [2.24, 2.45) is 5.73 Å². The predicted molar refractivity (Wildman–Crippen MR) is 62.3 cm³/mol. The molecule has 1 aliphatic rings. The van der Waals surface area contributed by atoms with Gasteiger partial charge in [-0.3, -0.25) is 0 Å². The molecule has 6 heteroatoms. The molecular formula is C11H15N5O. The van der Waals surface area contributed by atoms with Gasteiger partial charge in [-0.2, -0.15) is 5.26 Å². The van der Waals surface area contributed by atoms with Crippen LogP contribution in [0.3, 0.4) is 0 Å². The smallest absolute Gasteiger partial charge is 0.226 e. The van der Waals surface area contributed by atoms with Gasteiger partial charge in [-0.25, -0.2) is 9.97 Å². The molecule has 0 radical (unpaired) electrons. The zero-order chi connectivity index (χ0) is 12.3. The topological polar surface area (TPSA) is 88.1 Å². The number of hydrogen-bond donors (Lipinski definition) is 1. The number of aromatic nitrogens is 2. The van der Waals surface area contributed by atoms with E-state index in [0.29, 0.717) is 24.8 Å². The monoisotopic (exact) mass is 233 g/mol. The molecule has 1 aromatic heterocycles. The molecule has 1 saturated heterocycles. The third-order valence-electron chi connectivity index (χ3n) is 2.72. The van der Waals surface area contributed by atoms with Crippen molar-refractivity contribution >= 4 is 5.95 Å². The number of nitriles is 1. The first kappa shape index (κ1) is 11.8. The van der Waals surface area contributed by atoms with Crippen LogP contribution in [0, 0.1) is 11.3 Å². The lowest BCUT2D eigenvalue weighted by Gasteiger charge is -2.34. The molecular weight excluding hydrogens is 218 g/mol. The fourth-order valence-corrected chi connectivity index (χ4v) is 1.74. The Labute approximate surface area is 100 Å². The van der Waals surface area contributed by atoms with Gasteiger partial charge in [0.15, 0.2) is 0 Å². The average molecular weight is 233 g/mol. The van der Waals surface area contributed by atoms with Gasteiger partial charge < -0.3 is 15.4 Å². The summed E-state index contributed by atoms with van der Waals surface area (Å²) < 4.78 is 5.56. The minimum absolute atomic E-state index is 0.0157. The second-order valence-corrected chi connectivity index (χ2v) is 4.07. The molecule has 2 unspecified atom stereocenters. The quantitative estimate of drug-likeness (QED) is 0.767. The Morgan fingerprint density at radius 2 is 2.53 bits per heavy atom. The maximum absolute atomic E-state index is 8.80. The van der Waals surface area contributed by atoms with Gasteiger partial charge in [0.25, 0.3) is 0 Å². The van der Waals surface area contributed by atoms with E-state index in [-0.39, 0.29) is 12.1 Å². The van der Waals surface area contributed by atoms with Gasteiger partial charge in [-0.15, -0.1) is 0 Å². The molecule has 90 valence electrons. The van der Waals surface area contributed by atoms with Crippen LogP contribution in [0.5, 0.6) is 0 Å². The second-order valence-electron chi connectivity index (χ2n) is 4.07. The van der Waals surface area contributed by atoms with Crippen LogP contribution in [0.15, 0.2) is 12.3 Å². The molecule has 2 N–H and O–H groups in total. The van der Waals surface area contributed by atoms with Crippen molar-refractivity contribution < 1.29 is 4.74 Å². The van der Waals surface area contributed by atoms with Crippen molar-refractivity contribution in [2.75, 3.05) is 24.6 Å². The standard InChI is InChI=1S/C11H15N5O/c1-8(13)10-7-16(4-5-17-10)11-14-3-2-9(6-12)15-11/h2-3,8,10H,4-5,7,13H2,1H3. The fourth-order valence-electron chi connectivity index (χ4n) is 1.74. The van der Waals surface area contributed by atoms with Crippen molar-refractivity contribution in [1.29, 1.82) is 5.26 Å². The van der Waals surface area contributed by atoms with E-state index in [2.05, 4.69) is 9.97 Å². The zero-order valence-electron chi connectivity index (χ0n) is 9.71. The molecule has 0 saturated carbocycles. The van der Waals surface area contributed by atoms with Crippen LogP contribution < -0.4 is 10.6 Å². The first-order valence-corrected chi connectivity index (χ1v) is 5.56. The van der Waals surface area contributed by atoms with Crippen molar-refractivity contribution in [3.05, 3.63) is 18.0 Å².